The highest BCUT2D eigenvalue weighted by Gasteiger charge is 2.21. The standard InChI is InChI=1S/C16H24N2/c1-13(2)11-16(18-9-7-17-8-10-18)15-6-4-5-14(3)12-15/h4-6,12,16-17H,1,7-11H2,2-3H3/t16-/m1/s1. The van der Waals surface area contributed by atoms with Crippen molar-refractivity contribution < 1.29 is 0 Å². The van der Waals surface area contributed by atoms with Crippen LogP contribution in [0.2, 0.25) is 0 Å². The third-order valence-electron chi connectivity index (χ3n) is 3.56. The smallest absolute Gasteiger partial charge is 0.0386 e. The van der Waals surface area contributed by atoms with Crippen LogP contribution in [-0.4, -0.2) is 31.1 Å². The van der Waals surface area contributed by atoms with Crippen molar-refractivity contribution in [1.82, 2.24) is 10.2 Å². The molecular weight excluding hydrogens is 220 g/mol. The molecule has 0 unspecified atom stereocenters. The van der Waals surface area contributed by atoms with Gasteiger partial charge >= 0.3 is 0 Å². The highest BCUT2D eigenvalue weighted by molar-refractivity contribution is 5.26. The SMILES string of the molecule is C=C(C)C[C@H](c1cccc(C)c1)N1CCNCC1. The molecule has 1 fully saturated rings. The van der Waals surface area contributed by atoms with E-state index in [0.29, 0.717) is 6.04 Å². The van der Waals surface area contributed by atoms with Gasteiger partial charge in [-0.05, 0) is 25.8 Å². The van der Waals surface area contributed by atoms with Crippen molar-refractivity contribution in [2.75, 3.05) is 26.2 Å². The van der Waals surface area contributed by atoms with E-state index in [1.165, 1.54) is 16.7 Å². The van der Waals surface area contributed by atoms with E-state index in [0.717, 1.165) is 32.6 Å². The Balaban J connectivity index is 2.20. The minimum absolute atomic E-state index is 0.490. The van der Waals surface area contributed by atoms with E-state index in [4.69, 9.17) is 0 Å². The predicted octanol–water partition coefficient (Wildman–Crippen LogP) is 2.91. The quantitative estimate of drug-likeness (QED) is 0.819. The van der Waals surface area contributed by atoms with Crippen LogP contribution in [0.4, 0.5) is 0 Å². The van der Waals surface area contributed by atoms with Crippen LogP contribution in [0.15, 0.2) is 36.4 Å². The average molecular weight is 244 g/mol. The lowest BCUT2D eigenvalue weighted by atomic mass is 9.97. The molecule has 1 aromatic carbocycles. The molecule has 2 rings (SSSR count). The monoisotopic (exact) mass is 244 g/mol. The Morgan fingerprint density at radius 3 is 2.72 bits per heavy atom. The summed E-state index contributed by atoms with van der Waals surface area (Å²) in [4.78, 5) is 2.58. The molecule has 1 aromatic rings. The molecule has 0 spiro atoms. The average Bonchev–Trinajstić information content (AvgIpc) is 2.37. The first-order valence-corrected chi connectivity index (χ1v) is 6.82. The lowest BCUT2D eigenvalue weighted by molar-refractivity contribution is 0.172. The molecule has 1 heterocycles. The van der Waals surface area contributed by atoms with Gasteiger partial charge in [0.25, 0.3) is 0 Å². The van der Waals surface area contributed by atoms with Gasteiger partial charge in [-0.3, -0.25) is 4.90 Å². The molecular formula is C16H24N2. The van der Waals surface area contributed by atoms with E-state index in [-0.39, 0.29) is 0 Å². The Hall–Kier alpha value is -1.12. The lowest BCUT2D eigenvalue weighted by Crippen LogP contribution is -2.45. The number of piperazine rings is 1. The first-order valence-electron chi connectivity index (χ1n) is 6.82. The zero-order valence-corrected chi connectivity index (χ0v) is 11.6. The van der Waals surface area contributed by atoms with Crippen molar-refractivity contribution in [3.8, 4) is 0 Å². The second-order valence-corrected chi connectivity index (χ2v) is 5.38. The van der Waals surface area contributed by atoms with Crippen LogP contribution >= 0.6 is 0 Å². The Labute approximate surface area is 111 Å². The molecule has 0 amide bonds. The molecule has 1 aliphatic heterocycles. The fourth-order valence-corrected chi connectivity index (χ4v) is 2.66. The Bertz CT molecular complexity index is 405. The fraction of sp³-hybridized carbons (Fsp3) is 0.500. The van der Waals surface area contributed by atoms with Crippen LogP contribution in [0.5, 0.6) is 0 Å². The molecule has 2 heteroatoms. The van der Waals surface area contributed by atoms with E-state index in [1.807, 2.05) is 0 Å². The van der Waals surface area contributed by atoms with Crippen LogP contribution in [-0.2, 0) is 0 Å². The summed E-state index contributed by atoms with van der Waals surface area (Å²) in [6.07, 6.45) is 1.06. The summed E-state index contributed by atoms with van der Waals surface area (Å²) in [5, 5.41) is 3.42. The Morgan fingerprint density at radius 2 is 2.11 bits per heavy atom. The number of hydrogen-bond donors (Lipinski definition) is 1. The first kappa shape index (κ1) is 13.3. The molecule has 2 nitrogen and oxygen atoms in total. The summed E-state index contributed by atoms with van der Waals surface area (Å²) >= 11 is 0. The minimum Gasteiger partial charge on any atom is -0.314 e. The minimum atomic E-state index is 0.490. The Morgan fingerprint density at radius 1 is 1.39 bits per heavy atom. The first-order chi connectivity index (χ1) is 8.66. The molecule has 1 N–H and O–H groups in total. The predicted molar refractivity (Wildman–Crippen MR) is 77.8 cm³/mol. The van der Waals surface area contributed by atoms with Crippen molar-refractivity contribution in [3.63, 3.8) is 0 Å². The topological polar surface area (TPSA) is 15.3 Å². The van der Waals surface area contributed by atoms with Crippen molar-refractivity contribution in [1.29, 1.82) is 0 Å². The lowest BCUT2D eigenvalue weighted by Gasteiger charge is -2.35. The van der Waals surface area contributed by atoms with Gasteiger partial charge in [-0.2, -0.15) is 0 Å². The molecule has 0 radical (unpaired) electrons. The molecule has 0 bridgehead atoms. The summed E-state index contributed by atoms with van der Waals surface area (Å²) in [5.74, 6) is 0. The van der Waals surface area contributed by atoms with Gasteiger partial charge in [-0.25, -0.2) is 0 Å². The number of benzene rings is 1. The number of rotatable bonds is 4. The number of nitrogens with zero attached hydrogens (tertiary/aromatic N) is 1. The summed E-state index contributed by atoms with van der Waals surface area (Å²) in [7, 11) is 0. The van der Waals surface area contributed by atoms with Crippen LogP contribution in [0.3, 0.4) is 0 Å². The second-order valence-electron chi connectivity index (χ2n) is 5.38. The highest BCUT2D eigenvalue weighted by Crippen LogP contribution is 2.27. The summed E-state index contributed by atoms with van der Waals surface area (Å²) in [6.45, 7) is 12.8. The van der Waals surface area contributed by atoms with Gasteiger partial charge in [0, 0.05) is 32.2 Å². The normalized spacial score (nSPS) is 18.6. The van der Waals surface area contributed by atoms with E-state index in [1.54, 1.807) is 0 Å². The number of hydrogen-bond acceptors (Lipinski definition) is 2. The zero-order valence-electron chi connectivity index (χ0n) is 11.6. The van der Waals surface area contributed by atoms with Gasteiger partial charge in [0.1, 0.15) is 0 Å². The van der Waals surface area contributed by atoms with Crippen LogP contribution in [0, 0.1) is 6.92 Å². The maximum atomic E-state index is 4.10. The van der Waals surface area contributed by atoms with Gasteiger partial charge in [-0.15, -0.1) is 6.58 Å². The van der Waals surface area contributed by atoms with Crippen molar-refractivity contribution >= 4 is 0 Å². The van der Waals surface area contributed by atoms with Crippen LogP contribution in [0.25, 0.3) is 0 Å². The molecule has 1 atom stereocenters. The van der Waals surface area contributed by atoms with Crippen LogP contribution < -0.4 is 5.32 Å². The zero-order chi connectivity index (χ0) is 13.0. The number of nitrogens with one attached hydrogen (secondary N) is 1. The highest BCUT2D eigenvalue weighted by atomic mass is 15.2. The van der Waals surface area contributed by atoms with Gasteiger partial charge in [0.05, 0.1) is 0 Å². The second kappa shape index (κ2) is 6.17. The maximum Gasteiger partial charge on any atom is 0.0386 e. The van der Waals surface area contributed by atoms with E-state index in [2.05, 4.69) is 54.9 Å². The maximum absolute atomic E-state index is 4.10. The molecule has 1 saturated heterocycles. The summed E-state index contributed by atoms with van der Waals surface area (Å²) < 4.78 is 0. The van der Waals surface area contributed by atoms with Gasteiger partial charge in [0.15, 0.2) is 0 Å². The van der Waals surface area contributed by atoms with Crippen molar-refractivity contribution in [2.24, 2.45) is 0 Å². The van der Waals surface area contributed by atoms with Gasteiger partial charge in [-0.1, -0.05) is 35.4 Å². The van der Waals surface area contributed by atoms with Crippen molar-refractivity contribution in [2.45, 2.75) is 26.3 Å². The molecule has 0 aliphatic carbocycles. The van der Waals surface area contributed by atoms with Gasteiger partial charge in [0.2, 0.25) is 0 Å². The largest absolute Gasteiger partial charge is 0.314 e. The molecule has 0 aromatic heterocycles. The number of aryl methyl sites for hydroxylation is 1. The van der Waals surface area contributed by atoms with E-state index < -0.39 is 0 Å². The molecule has 98 valence electrons. The van der Waals surface area contributed by atoms with Gasteiger partial charge < -0.3 is 5.32 Å². The summed E-state index contributed by atoms with van der Waals surface area (Å²) in [5.41, 5.74) is 4.04. The van der Waals surface area contributed by atoms with E-state index >= 15 is 0 Å². The third-order valence-corrected chi connectivity index (χ3v) is 3.56. The van der Waals surface area contributed by atoms with E-state index in [9.17, 15) is 0 Å². The van der Waals surface area contributed by atoms with Crippen LogP contribution in [0.1, 0.15) is 30.5 Å². The van der Waals surface area contributed by atoms with Crippen molar-refractivity contribution in [3.05, 3.63) is 47.5 Å². The molecule has 0 saturated carbocycles. The fourth-order valence-electron chi connectivity index (χ4n) is 2.66. The summed E-state index contributed by atoms with van der Waals surface area (Å²) in [6, 6.07) is 9.39. The molecule has 1 aliphatic rings. The molecule has 18 heavy (non-hydrogen) atoms. The Kier molecular flexibility index (Phi) is 4.56. The third kappa shape index (κ3) is 3.44.